The van der Waals surface area contributed by atoms with Gasteiger partial charge in [0, 0.05) is 46.7 Å². The van der Waals surface area contributed by atoms with Crippen LogP contribution in [0.3, 0.4) is 0 Å². The molecule has 0 spiro atoms. The molecule has 3 aliphatic carbocycles. The largest absolute Gasteiger partial charge is 2.00 e. The summed E-state index contributed by atoms with van der Waals surface area (Å²) in [6, 6.07) is 13.5. The third kappa shape index (κ3) is 21.8. The van der Waals surface area contributed by atoms with E-state index in [-0.39, 0.29) is 137 Å². The smallest absolute Gasteiger partial charge is 0.747 e. The van der Waals surface area contributed by atoms with Gasteiger partial charge in [-0.1, -0.05) is 120 Å². The minimum absolute atomic E-state index is 0. The summed E-state index contributed by atoms with van der Waals surface area (Å²) in [5, 5.41) is 4.92. The van der Waals surface area contributed by atoms with Crippen LogP contribution in [-0.4, -0.2) is 97.9 Å². The summed E-state index contributed by atoms with van der Waals surface area (Å²) < 4.78 is 91.9. The maximum Gasteiger partial charge on any atom is 2.00 e. The SMILES string of the molecule is C.C.C.C.C.CC.CC.CS(=O)(=O)NCCCCCCCc1nc(NCS(=O)(=O)[O-])nc(Nc2ccccc2S(=O)(=O)[O-])n1.[Cu+2].[Na+].[Na+].c1ccc2c(c1)-c1nc-2nc2[n-]c(nc3nc(nc4[n-]c(n1)c1c4CCCC1)C1=C3CCCC1)c1c2CCCC1. The van der Waals surface area contributed by atoms with Crippen LogP contribution >= 0.6 is 0 Å². The van der Waals surface area contributed by atoms with Crippen molar-refractivity contribution < 1.29 is 111 Å². The fourth-order valence-corrected chi connectivity index (χ4v) is 11.5. The van der Waals surface area contributed by atoms with Crippen LogP contribution in [-0.2, 0) is 79.4 Å². The number of unbranched alkanes of at least 4 members (excludes halogenated alkanes) is 4. The number of allylic oxidation sites excluding steroid dienone is 2. The average molecular weight is 1330 g/mol. The summed E-state index contributed by atoms with van der Waals surface area (Å²) in [5.74, 6) is 1.79. The number of nitrogens with one attached hydrogen (secondary N) is 3. The van der Waals surface area contributed by atoms with E-state index in [1.165, 1.54) is 51.6 Å². The van der Waals surface area contributed by atoms with Crippen LogP contribution < -0.4 is 84.4 Å². The van der Waals surface area contributed by atoms with E-state index in [0.29, 0.717) is 37.5 Å². The van der Waals surface area contributed by atoms with Gasteiger partial charge in [-0.05, 0) is 135 Å². The normalized spacial score (nSPS) is 13.3. The zero-order valence-corrected chi connectivity index (χ0v) is 54.9. The van der Waals surface area contributed by atoms with Gasteiger partial charge < -0.3 is 49.6 Å². The molecule has 28 heteroatoms. The van der Waals surface area contributed by atoms with Gasteiger partial charge in [0.05, 0.1) is 40.1 Å². The van der Waals surface area contributed by atoms with Crippen molar-refractivity contribution in [1.82, 2.24) is 59.5 Å². The Labute approximate surface area is 572 Å². The Morgan fingerprint density at radius 3 is 1.36 bits per heavy atom. The number of fused-ring (bicyclic) bond motifs is 19. The van der Waals surface area contributed by atoms with Gasteiger partial charge in [-0.3, -0.25) is 0 Å². The standard InChI is InChI=1S/C32H28N8.C18H28N6O8S3.2C2H6.5CH4.Cu.2Na/c1-2-10-18-17(9-1)25-33-26(18)38-28-21-13-5-6-14-22(21)30(35-28)40-32-24-16-8-7-15-23(24)31(36-32)39-29-20-12-4-3-11-19(20)27(34-29)37-25;1-33(25,26)20-12-8-4-2-3-5-11-16-22-17(19-13-34(27,28)29)24-18(23-16)21-14-9-6-7-10-15(14)35(30,31)32;2*1-2;;;;;;;;/h1-2,9-10H,3-8,11-16H2;6-7,9-10,20H,2-5,8,11-13H2,1H3,(H,27,28,29)(H,30,31,32)(H2,19,21,22,23,24);2*1-2H3;5*1H4;;;/q-2;;;;;;;;;+2;2*+1/p-2. The minimum Gasteiger partial charge on any atom is -0.747 e. The van der Waals surface area contributed by atoms with E-state index in [1.807, 2.05) is 39.8 Å². The number of sulfonamides is 1. The van der Waals surface area contributed by atoms with Gasteiger partial charge in [0.1, 0.15) is 31.9 Å². The Balaban J connectivity index is 0.00000149. The molecule has 0 atom stereocenters. The third-order valence-electron chi connectivity index (χ3n) is 13.6. The van der Waals surface area contributed by atoms with Crippen LogP contribution in [0.2, 0.25) is 0 Å². The zero-order valence-electron chi connectivity index (χ0n) is 47.5. The predicted molar refractivity (Wildman–Crippen MR) is 335 cm³/mol. The number of aromatic nitrogens is 11. The number of nitrogens with zero attached hydrogens (tertiary/aromatic N) is 11. The van der Waals surface area contributed by atoms with Crippen molar-refractivity contribution in [1.29, 1.82) is 0 Å². The van der Waals surface area contributed by atoms with Crippen LogP contribution in [0.4, 0.5) is 17.6 Å². The molecule has 3 N–H and O–H groups in total. The van der Waals surface area contributed by atoms with Crippen molar-refractivity contribution in [2.45, 2.75) is 185 Å². The summed E-state index contributed by atoms with van der Waals surface area (Å²) in [4.78, 5) is 52.3. The van der Waals surface area contributed by atoms with Crippen LogP contribution in [0.1, 0.15) is 188 Å². The first-order chi connectivity index (χ1) is 38.0. The molecule has 2 aromatic carbocycles. The first-order valence-electron chi connectivity index (χ1n) is 27.2. The molecule has 0 saturated heterocycles. The zero-order chi connectivity index (χ0) is 56.3. The van der Waals surface area contributed by atoms with E-state index in [9.17, 15) is 34.4 Å². The van der Waals surface area contributed by atoms with Gasteiger partial charge in [0.2, 0.25) is 21.9 Å². The van der Waals surface area contributed by atoms with Gasteiger partial charge in [0.15, 0.2) is 0 Å². The fraction of sp³-hybridized carbons (Fsp3) is 0.508. The molecule has 4 aromatic heterocycles. The summed E-state index contributed by atoms with van der Waals surface area (Å²) in [6.07, 6.45) is 17.9. The van der Waals surface area contributed by atoms with E-state index in [2.05, 4.69) is 42.4 Å². The topological polar surface area (TPSA) is 329 Å². The Morgan fingerprint density at radius 2 is 0.897 bits per heavy atom. The van der Waals surface area contributed by atoms with E-state index >= 15 is 0 Å². The van der Waals surface area contributed by atoms with Crippen molar-refractivity contribution in [2.75, 3.05) is 29.3 Å². The Hall–Kier alpha value is -4.12. The van der Waals surface area contributed by atoms with E-state index < -0.39 is 41.0 Å². The molecule has 471 valence electrons. The summed E-state index contributed by atoms with van der Waals surface area (Å²) in [5.41, 5.74) is 12.2. The Morgan fingerprint density at radius 1 is 0.494 bits per heavy atom. The van der Waals surface area contributed by atoms with Crippen LogP contribution in [0.5, 0.6) is 0 Å². The van der Waals surface area contributed by atoms with Crippen molar-refractivity contribution in [3.63, 3.8) is 0 Å². The molecular weight excluding hydrogens is 1240 g/mol. The van der Waals surface area contributed by atoms with E-state index in [1.54, 1.807) is 0 Å². The second-order valence-corrected chi connectivity index (χ2v) is 23.6. The molecule has 2 aliphatic heterocycles. The molecule has 0 saturated carbocycles. The van der Waals surface area contributed by atoms with Crippen LogP contribution in [0.15, 0.2) is 53.4 Å². The summed E-state index contributed by atoms with van der Waals surface area (Å²) in [7, 11) is -12.6. The number of benzene rings is 2. The molecule has 6 heterocycles. The van der Waals surface area contributed by atoms with Crippen molar-refractivity contribution in [3.8, 4) is 22.8 Å². The number of para-hydroxylation sites is 1. The number of hydrogen-bond donors (Lipinski definition) is 3. The quantitative estimate of drug-likeness (QED) is 0.0653. The monoisotopic (exact) mass is 1320 g/mol. The van der Waals surface area contributed by atoms with Gasteiger partial charge in [-0.25, -0.2) is 39.9 Å². The molecule has 0 amide bonds. The molecule has 87 heavy (non-hydrogen) atoms. The number of rotatable bonds is 15. The molecule has 6 aromatic rings. The molecule has 5 aliphatic rings. The van der Waals surface area contributed by atoms with Crippen molar-refractivity contribution in [3.05, 3.63) is 88.3 Å². The molecule has 0 fully saturated rings. The van der Waals surface area contributed by atoms with E-state index in [4.69, 9.17) is 39.9 Å². The first kappa shape index (κ1) is 82.9. The first-order valence-corrected chi connectivity index (χ1v) is 32.1. The summed E-state index contributed by atoms with van der Waals surface area (Å²) >= 11 is 0. The molecule has 0 unspecified atom stereocenters. The van der Waals surface area contributed by atoms with Gasteiger partial charge in [-0.15, -0.1) is 0 Å². The predicted octanol–water partition coefficient (Wildman–Crippen LogP) is 5.44. The number of anilines is 3. The molecular formula is C59H86CuN14Na2O8S3. The fourth-order valence-electron chi connectivity index (χ4n) is 10.0. The number of hydrogen-bond acceptors (Lipinski definition) is 19. The Bertz CT molecular complexity index is 3630. The molecule has 1 radical (unpaired) electrons. The maximum absolute atomic E-state index is 11.5. The second kappa shape index (κ2) is 37.9. The maximum atomic E-state index is 11.5. The van der Waals surface area contributed by atoms with Gasteiger partial charge >= 0.3 is 76.2 Å². The van der Waals surface area contributed by atoms with Crippen LogP contribution in [0.25, 0.3) is 56.5 Å². The van der Waals surface area contributed by atoms with Crippen LogP contribution in [0, 0.1) is 0 Å². The molecule has 8 bridgehead atoms. The number of aryl methyl sites for hydroxylation is 5. The minimum atomic E-state index is -4.80. The Kier molecular flexibility index (Phi) is 36.1. The average Bonchev–Trinajstić information content (AvgIpc) is 1.68. The van der Waals surface area contributed by atoms with Crippen molar-refractivity contribution >= 4 is 81.6 Å². The van der Waals surface area contributed by atoms with E-state index in [0.717, 1.165) is 154 Å². The third-order valence-corrected chi connectivity index (χ3v) is 15.7. The van der Waals surface area contributed by atoms with Gasteiger partial charge in [0.25, 0.3) is 0 Å². The second-order valence-electron chi connectivity index (χ2n) is 19.1. The summed E-state index contributed by atoms with van der Waals surface area (Å²) in [6.45, 7) is 8.36. The molecule has 11 rings (SSSR count). The molecule has 22 nitrogen and oxygen atoms in total. The van der Waals surface area contributed by atoms with Crippen molar-refractivity contribution in [2.24, 2.45) is 0 Å². The van der Waals surface area contributed by atoms with Gasteiger partial charge in [-0.2, -0.15) is 15.0 Å².